The van der Waals surface area contributed by atoms with Gasteiger partial charge >= 0.3 is 0 Å². The van der Waals surface area contributed by atoms with Crippen LogP contribution in [0.4, 0.5) is 0 Å². The summed E-state index contributed by atoms with van der Waals surface area (Å²) in [7, 11) is 0. The molecule has 0 saturated carbocycles. The van der Waals surface area contributed by atoms with Crippen LogP contribution in [0.1, 0.15) is 35.6 Å². The predicted octanol–water partition coefficient (Wildman–Crippen LogP) is 4.54. The zero-order valence-electron chi connectivity index (χ0n) is 11.5. The Kier molecular flexibility index (Phi) is 4.27. The van der Waals surface area contributed by atoms with Crippen molar-refractivity contribution in [2.24, 2.45) is 5.73 Å². The normalized spacial score (nSPS) is 17.1. The van der Waals surface area contributed by atoms with E-state index in [2.05, 4.69) is 40.2 Å². The van der Waals surface area contributed by atoms with Gasteiger partial charge in [0.1, 0.15) is 16.8 Å². The lowest BCUT2D eigenvalue weighted by Gasteiger charge is -2.27. The molecule has 0 fully saturated rings. The van der Waals surface area contributed by atoms with Crippen LogP contribution in [0.5, 0.6) is 5.75 Å². The number of nitrogens with two attached hydrogens (primary N) is 1. The summed E-state index contributed by atoms with van der Waals surface area (Å²) in [4.78, 5) is 0.363. The summed E-state index contributed by atoms with van der Waals surface area (Å²) in [6.07, 6.45) is 3.34. The number of thiocarbonyl (C=S) groups is 1. The summed E-state index contributed by atoms with van der Waals surface area (Å²) in [5.41, 5.74) is 9.24. The van der Waals surface area contributed by atoms with Gasteiger partial charge in [0.15, 0.2) is 0 Å². The monoisotopic (exact) mass is 361 g/mol. The lowest BCUT2D eigenvalue weighted by Crippen LogP contribution is -2.18. The molecule has 0 bridgehead atoms. The van der Waals surface area contributed by atoms with Gasteiger partial charge < -0.3 is 10.5 Å². The van der Waals surface area contributed by atoms with Gasteiger partial charge in [-0.15, -0.1) is 0 Å². The van der Waals surface area contributed by atoms with Crippen LogP contribution in [0, 0.1) is 0 Å². The highest BCUT2D eigenvalue weighted by Gasteiger charge is 2.22. The smallest absolute Gasteiger partial charge is 0.131 e. The molecular formula is C17H16BrNOS. The van der Waals surface area contributed by atoms with E-state index in [1.165, 1.54) is 11.1 Å². The van der Waals surface area contributed by atoms with Gasteiger partial charge in [-0.05, 0) is 48.6 Å². The minimum atomic E-state index is 0.0670. The second-order valence-electron chi connectivity index (χ2n) is 5.20. The average Bonchev–Trinajstić information content (AvgIpc) is 2.47. The Morgan fingerprint density at radius 2 is 2.05 bits per heavy atom. The third-order valence-electron chi connectivity index (χ3n) is 3.79. The predicted molar refractivity (Wildman–Crippen MR) is 92.8 cm³/mol. The third kappa shape index (κ3) is 3.11. The number of hydrogen-bond donors (Lipinski definition) is 1. The molecule has 2 N–H and O–H groups in total. The molecule has 0 aliphatic heterocycles. The van der Waals surface area contributed by atoms with Crippen LogP contribution in [-0.2, 0) is 6.42 Å². The Hall–Kier alpha value is -1.39. The van der Waals surface area contributed by atoms with Crippen molar-refractivity contribution in [1.82, 2.24) is 0 Å². The zero-order chi connectivity index (χ0) is 14.8. The van der Waals surface area contributed by atoms with Crippen LogP contribution in [0.25, 0.3) is 0 Å². The molecule has 1 aliphatic carbocycles. The van der Waals surface area contributed by atoms with E-state index in [1.54, 1.807) is 0 Å². The van der Waals surface area contributed by atoms with Gasteiger partial charge in [0.05, 0.1) is 5.56 Å². The summed E-state index contributed by atoms with van der Waals surface area (Å²) >= 11 is 8.60. The Bertz CT molecular complexity index is 686. The van der Waals surface area contributed by atoms with Crippen LogP contribution in [0.15, 0.2) is 46.9 Å². The summed E-state index contributed by atoms with van der Waals surface area (Å²) < 4.78 is 7.22. The zero-order valence-corrected chi connectivity index (χ0v) is 13.9. The third-order valence-corrected chi connectivity index (χ3v) is 4.51. The SMILES string of the molecule is NC(=S)c1ccc(Br)cc1OC1CCCc2ccccc21. The van der Waals surface area contributed by atoms with Crippen LogP contribution in [0.2, 0.25) is 0 Å². The Morgan fingerprint density at radius 1 is 1.24 bits per heavy atom. The van der Waals surface area contributed by atoms with Crippen molar-refractivity contribution in [2.45, 2.75) is 25.4 Å². The van der Waals surface area contributed by atoms with Crippen LogP contribution in [-0.4, -0.2) is 4.99 Å². The molecule has 21 heavy (non-hydrogen) atoms. The highest BCUT2D eigenvalue weighted by atomic mass is 79.9. The van der Waals surface area contributed by atoms with E-state index < -0.39 is 0 Å². The lowest BCUT2D eigenvalue weighted by molar-refractivity contribution is 0.183. The average molecular weight is 362 g/mol. The van der Waals surface area contributed by atoms with Gasteiger partial charge in [-0.2, -0.15) is 0 Å². The molecule has 0 aromatic heterocycles. The number of ether oxygens (including phenoxy) is 1. The first-order chi connectivity index (χ1) is 10.1. The first-order valence-corrected chi connectivity index (χ1v) is 8.19. The number of fused-ring (bicyclic) bond motifs is 1. The number of hydrogen-bond acceptors (Lipinski definition) is 2. The Morgan fingerprint density at radius 3 is 2.86 bits per heavy atom. The highest BCUT2D eigenvalue weighted by molar-refractivity contribution is 9.10. The van der Waals surface area contributed by atoms with Crippen molar-refractivity contribution in [3.8, 4) is 5.75 Å². The molecule has 1 aliphatic rings. The van der Waals surface area contributed by atoms with Crippen LogP contribution >= 0.6 is 28.1 Å². The Labute approximate surface area is 138 Å². The van der Waals surface area contributed by atoms with E-state index in [4.69, 9.17) is 22.7 Å². The van der Waals surface area contributed by atoms with Crippen LogP contribution < -0.4 is 10.5 Å². The fourth-order valence-corrected chi connectivity index (χ4v) is 3.29. The maximum Gasteiger partial charge on any atom is 0.131 e. The van der Waals surface area contributed by atoms with Crippen molar-refractivity contribution in [2.75, 3.05) is 0 Å². The van der Waals surface area contributed by atoms with Crippen molar-refractivity contribution in [3.63, 3.8) is 0 Å². The van der Waals surface area contributed by atoms with Crippen molar-refractivity contribution >= 4 is 33.1 Å². The molecule has 0 saturated heterocycles. The molecule has 2 aromatic carbocycles. The second kappa shape index (κ2) is 6.16. The summed E-state index contributed by atoms with van der Waals surface area (Å²) in [6, 6.07) is 14.2. The van der Waals surface area contributed by atoms with Crippen LogP contribution in [0.3, 0.4) is 0 Å². The van der Waals surface area contributed by atoms with Gasteiger partial charge in [-0.3, -0.25) is 0 Å². The van der Waals surface area contributed by atoms with E-state index in [-0.39, 0.29) is 6.10 Å². The number of aryl methyl sites for hydroxylation is 1. The molecule has 4 heteroatoms. The standard InChI is InChI=1S/C17H16BrNOS/c18-12-8-9-14(17(19)21)16(10-12)20-15-7-3-5-11-4-1-2-6-13(11)15/h1-2,4,6,8-10,15H,3,5,7H2,(H2,19,21). The van der Waals surface area contributed by atoms with E-state index >= 15 is 0 Å². The van der Waals surface area contributed by atoms with Crippen molar-refractivity contribution in [1.29, 1.82) is 0 Å². The lowest BCUT2D eigenvalue weighted by atomic mass is 9.89. The molecule has 3 rings (SSSR count). The maximum atomic E-state index is 6.26. The minimum Gasteiger partial charge on any atom is -0.485 e. The quantitative estimate of drug-likeness (QED) is 0.815. The summed E-state index contributed by atoms with van der Waals surface area (Å²) in [5.74, 6) is 0.749. The first kappa shape index (κ1) is 14.5. The summed E-state index contributed by atoms with van der Waals surface area (Å²) in [5, 5.41) is 0. The fourth-order valence-electron chi connectivity index (χ4n) is 2.78. The number of benzene rings is 2. The number of rotatable bonds is 3. The molecule has 1 unspecified atom stereocenters. The Balaban J connectivity index is 1.95. The molecule has 0 heterocycles. The molecule has 2 nitrogen and oxygen atoms in total. The topological polar surface area (TPSA) is 35.2 Å². The molecular weight excluding hydrogens is 346 g/mol. The number of halogens is 1. The van der Waals surface area contributed by atoms with Gasteiger partial charge in [-0.1, -0.05) is 52.4 Å². The minimum absolute atomic E-state index is 0.0670. The fraction of sp³-hybridized carbons (Fsp3) is 0.235. The molecule has 2 aromatic rings. The van der Waals surface area contributed by atoms with E-state index in [0.29, 0.717) is 4.99 Å². The van der Waals surface area contributed by atoms with Gasteiger partial charge in [0.25, 0.3) is 0 Å². The molecule has 0 spiro atoms. The van der Waals surface area contributed by atoms with E-state index in [9.17, 15) is 0 Å². The van der Waals surface area contributed by atoms with Gasteiger partial charge in [-0.25, -0.2) is 0 Å². The molecule has 1 atom stereocenters. The molecule has 0 radical (unpaired) electrons. The van der Waals surface area contributed by atoms with Gasteiger partial charge in [0, 0.05) is 4.47 Å². The van der Waals surface area contributed by atoms with Crippen molar-refractivity contribution in [3.05, 3.63) is 63.6 Å². The summed E-state index contributed by atoms with van der Waals surface area (Å²) in [6.45, 7) is 0. The first-order valence-electron chi connectivity index (χ1n) is 6.99. The van der Waals surface area contributed by atoms with E-state index in [0.717, 1.165) is 35.0 Å². The van der Waals surface area contributed by atoms with Crippen molar-refractivity contribution < 1.29 is 4.74 Å². The van der Waals surface area contributed by atoms with Gasteiger partial charge in [0.2, 0.25) is 0 Å². The molecule has 108 valence electrons. The second-order valence-corrected chi connectivity index (χ2v) is 6.56. The van der Waals surface area contributed by atoms with E-state index in [1.807, 2.05) is 18.2 Å². The highest BCUT2D eigenvalue weighted by Crippen LogP contribution is 2.35. The molecule has 0 amide bonds. The largest absolute Gasteiger partial charge is 0.485 e. The maximum absolute atomic E-state index is 6.26.